The molecular weight excluding hydrogens is 442 g/mol. The van der Waals surface area contributed by atoms with E-state index in [-0.39, 0.29) is 30.6 Å². The van der Waals surface area contributed by atoms with Crippen LogP contribution in [0, 0.1) is 0 Å². The zero-order valence-corrected chi connectivity index (χ0v) is 18.6. The third-order valence-electron chi connectivity index (χ3n) is 7.43. The van der Waals surface area contributed by atoms with Crippen LogP contribution in [0.5, 0.6) is 11.5 Å². The number of halogens is 1. The van der Waals surface area contributed by atoms with Gasteiger partial charge >= 0.3 is 11.9 Å². The highest BCUT2D eigenvalue weighted by Gasteiger charge is 2.72. The number of nitrogens with zero attached hydrogens (tertiary/aromatic N) is 1. The summed E-state index contributed by atoms with van der Waals surface area (Å²) in [5.74, 6) is -1.02. The molecule has 1 aromatic rings. The van der Waals surface area contributed by atoms with Crippen LogP contribution < -0.4 is 9.47 Å². The predicted octanol–water partition coefficient (Wildman–Crippen LogP) is 0.773. The number of benzene rings is 1. The highest BCUT2D eigenvalue weighted by molar-refractivity contribution is 5.85. The third-order valence-corrected chi connectivity index (χ3v) is 7.43. The van der Waals surface area contributed by atoms with E-state index in [2.05, 4.69) is 4.90 Å². The molecule has 1 saturated heterocycles. The number of esters is 1. The summed E-state index contributed by atoms with van der Waals surface area (Å²) in [5.41, 5.74) is 0.0627. The molecule has 3 N–H and O–H groups in total. The number of carbonyl (C=O) groups is 2. The van der Waals surface area contributed by atoms with E-state index in [9.17, 15) is 19.8 Å². The molecule has 1 fully saturated rings. The predicted molar refractivity (Wildman–Crippen MR) is 113 cm³/mol. The topological polar surface area (TPSA) is 126 Å². The maximum absolute atomic E-state index is 12.3. The standard InChI is InChI=1S/C22H25NO8.ClH/c1-23-8-7-21-17-11-3-4-13(29-2)18(17)31-19(21)14(5-6-22(21,28)15(23)9-11)30-16(25)10-12(24)20(26)27;/h3-5,12,15,19,24,28H,6-10H2,1-2H3,(H,26,27);1H/t12?,15-,19+,21+,22-;/m1./s1. The van der Waals surface area contributed by atoms with Gasteiger partial charge in [-0.3, -0.25) is 4.79 Å². The minimum Gasteiger partial charge on any atom is -0.493 e. The Morgan fingerprint density at radius 2 is 2.12 bits per heavy atom. The zero-order valence-electron chi connectivity index (χ0n) is 17.7. The molecule has 9 nitrogen and oxygen atoms in total. The monoisotopic (exact) mass is 467 g/mol. The van der Waals surface area contributed by atoms with Crippen LogP contribution in [-0.4, -0.2) is 76.7 Å². The number of aliphatic hydroxyl groups is 2. The molecule has 4 aliphatic rings. The first-order chi connectivity index (χ1) is 14.7. The Labute approximate surface area is 191 Å². The molecule has 174 valence electrons. The van der Waals surface area contributed by atoms with E-state index in [4.69, 9.17) is 19.3 Å². The molecule has 0 radical (unpaired) electrons. The van der Waals surface area contributed by atoms with Crippen LogP contribution in [0.1, 0.15) is 30.4 Å². The van der Waals surface area contributed by atoms with Gasteiger partial charge in [-0.1, -0.05) is 6.07 Å². The van der Waals surface area contributed by atoms with Crippen molar-refractivity contribution in [1.29, 1.82) is 0 Å². The lowest BCUT2D eigenvalue weighted by Gasteiger charge is -2.61. The smallest absolute Gasteiger partial charge is 0.333 e. The molecule has 5 atom stereocenters. The van der Waals surface area contributed by atoms with E-state index in [0.29, 0.717) is 24.3 Å². The molecule has 1 spiro atoms. The van der Waals surface area contributed by atoms with E-state index in [1.165, 1.54) is 0 Å². The average Bonchev–Trinajstić information content (AvgIpc) is 3.08. The molecule has 5 rings (SSSR count). The van der Waals surface area contributed by atoms with Gasteiger partial charge in [0, 0.05) is 18.0 Å². The Morgan fingerprint density at radius 3 is 2.81 bits per heavy atom. The Morgan fingerprint density at radius 1 is 1.38 bits per heavy atom. The van der Waals surface area contributed by atoms with Gasteiger partial charge < -0.3 is 34.4 Å². The lowest BCUT2D eigenvalue weighted by Crippen LogP contribution is -2.74. The number of piperidine rings is 1. The summed E-state index contributed by atoms with van der Waals surface area (Å²) in [5, 5.41) is 30.4. The molecule has 1 unspecified atom stereocenters. The van der Waals surface area contributed by atoms with Crippen LogP contribution >= 0.6 is 12.4 Å². The molecule has 2 aliphatic heterocycles. The first-order valence-corrected chi connectivity index (χ1v) is 10.3. The lowest BCUT2D eigenvalue weighted by molar-refractivity contribution is -0.170. The number of likely N-dealkylation sites (tertiary alicyclic amines) is 1. The van der Waals surface area contributed by atoms with Crippen molar-refractivity contribution >= 4 is 24.3 Å². The minimum atomic E-state index is -1.84. The van der Waals surface area contributed by atoms with E-state index >= 15 is 0 Å². The number of methoxy groups -OCH3 is 1. The molecular formula is C22H26ClNO8. The van der Waals surface area contributed by atoms with E-state index < -0.39 is 41.6 Å². The van der Waals surface area contributed by atoms with Gasteiger partial charge in [-0.2, -0.15) is 0 Å². The van der Waals surface area contributed by atoms with Crippen molar-refractivity contribution in [2.45, 2.75) is 54.9 Å². The summed E-state index contributed by atoms with van der Waals surface area (Å²) in [6, 6.07) is 3.73. The van der Waals surface area contributed by atoms with Crippen molar-refractivity contribution in [2.75, 3.05) is 20.7 Å². The second-order valence-corrected chi connectivity index (χ2v) is 8.82. The number of aliphatic carboxylic acids is 1. The number of hydrogen-bond donors (Lipinski definition) is 3. The second kappa shape index (κ2) is 7.62. The fraction of sp³-hybridized carbons (Fsp3) is 0.545. The summed E-state index contributed by atoms with van der Waals surface area (Å²) in [4.78, 5) is 25.4. The number of carbonyl (C=O) groups excluding carboxylic acids is 1. The van der Waals surface area contributed by atoms with Crippen LogP contribution in [0.25, 0.3) is 0 Å². The number of likely N-dealkylation sites (N-methyl/N-ethyl adjacent to an activating group) is 1. The van der Waals surface area contributed by atoms with E-state index in [1.54, 1.807) is 13.2 Å². The zero-order chi connectivity index (χ0) is 22.1. The van der Waals surface area contributed by atoms with Crippen LogP contribution in [0.15, 0.2) is 24.0 Å². The van der Waals surface area contributed by atoms with E-state index in [1.807, 2.05) is 19.2 Å². The fourth-order valence-electron chi connectivity index (χ4n) is 6.01. The summed E-state index contributed by atoms with van der Waals surface area (Å²) >= 11 is 0. The number of carboxylic acid groups (broad SMARTS) is 1. The molecule has 0 saturated carbocycles. The Balaban J connectivity index is 0.00000245. The summed E-state index contributed by atoms with van der Waals surface area (Å²) < 4.78 is 17.4. The van der Waals surface area contributed by atoms with Gasteiger partial charge in [0.05, 0.1) is 24.5 Å². The van der Waals surface area contributed by atoms with Crippen molar-refractivity contribution in [3.05, 3.63) is 35.1 Å². The van der Waals surface area contributed by atoms with Gasteiger partial charge in [0.2, 0.25) is 0 Å². The molecule has 32 heavy (non-hydrogen) atoms. The van der Waals surface area contributed by atoms with Gasteiger partial charge in [0.15, 0.2) is 23.7 Å². The van der Waals surface area contributed by atoms with Gasteiger partial charge in [-0.15, -0.1) is 12.4 Å². The van der Waals surface area contributed by atoms with Crippen LogP contribution in [-0.2, 0) is 26.2 Å². The molecule has 0 amide bonds. The van der Waals surface area contributed by atoms with Crippen LogP contribution in [0.4, 0.5) is 0 Å². The summed E-state index contributed by atoms with van der Waals surface area (Å²) in [6.45, 7) is 0.738. The van der Waals surface area contributed by atoms with Crippen molar-refractivity contribution in [3.8, 4) is 11.5 Å². The minimum absolute atomic E-state index is 0. The second-order valence-electron chi connectivity index (χ2n) is 8.82. The van der Waals surface area contributed by atoms with Crippen molar-refractivity contribution < 1.29 is 39.1 Å². The van der Waals surface area contributed by atoms with Gasteiger partial charge in [-0.05, 0) is 44.1 Å². The van der Waals surface area contributed by atoms with Crippen molar-refractivity contribution in [3.63, 3.8) is 0 Å². The number of rotatable bonds is 5. The maximum atomic E-state index is 12.3. The number of hydrogen-bond acceptors (Lipinski definition) is 8. The molecule has 1 aromatic carbocycles. The lowest BCUT2D eigenvalue weighted by atomic mass is 9.50. The number of ether oxygens (including phenoxy) is 3. The highest BCUT2D eigenvalue weighted by atomic mass is 35.5. The first kappa shape index (κ1) is 22.8. The molecule has 10 heteroatoms. The van der Waals surface area contributed by atoms with Crippen LogP contribution in [0.3, 0.4) is 0 Å². The average molecular weight is 468 g/mol. The number of aliphatic hydroxyl groups excluding tert-OH is 1. The molecule has 2 heterocycles. The van der Waals surface area contributed by atoms with Crippen molar-refractivity contribution in [1.82, 2.24) is 4.90 Å². The van der Waals surface area contributed by atoms with Gasteiger partial charge in [0.25, 0.3) is 0 Å². The van der Waals surface area contributed by atoms with Gasteiger partial charge in [-0.25, -0.2) is 4.79 Å². The quantitative estimate of drug-likeness (QED) is 0.538. The normalized spacial score (nSPS) is 32.6. The first-order valence-electron chi connectivity index (χ1n) is 10.3. The van der Waals surface area contributed by atoms with Crippen LogP contribution in [0.2, 0.25) is 0 Å². The summed E-state index contributed by atoms with van der Waals surface area (Å²) in [6.07, 6.45) is -0.0812. The molecule has 0 aromatic heterocycles. The Kier molecular flexibility index (Phi) is 5.44. The van der Waals surface area contributed by atoms with Crippen molar-refractivity contribution in [2.24, 2.45) is 0 Å². The molecule has 2 bridgehead atoms. The third kappa shape index (κ3) is 2.81. The number of carboxylic acids is 1. The van der Waals surface area contributed by atoms with Gasteiger partial charge in [0.1, 0.15) is 5.76 Å². The summed E-state index contributed by atoms with van der Waals surface area (Å²) in [7, 11) is 3.56. The fourth-order valence-corrected chi connectivity index (χ4v) is 6.01. The maximum Gasteiger partial charge on any atom is 0.333 e. The highest BCUT2D eigenvalue weighted by Crippen LogP contribution is 2.65. The Bertz CT molecular complexity index is 1010. The molecule has 2 aliphatic carbocycles. The largest absolute Gasteiger partial charge is 0.493 e. The van der Waals surface area contributed by atoms with E-state index in [0.717, 1.165) is 17.7 Å². The Hall–Kier alpha value is -2.33. The SMILES string of the molecule is COc1ccc2c3c1O[C@H]1C(OC(=O)CC(O)C(=O)O)=CC[C@@]4(O)[C@@H](C2)N(C)CC[C@]314.Cl.